The minimum Gasteiger partial charge on any atom is -0.361 e. The van der Waals surface area contributed by atoms with E-state index in [2.05, 4.69) is 42.4 Å². The summed E-state index contributed by atoms with van der Waals surface area (Å²) < 4.78 is 0. The van der Waals surface area contributed by atoms with Crippen LogP contribution in [0.4, 0.5) is 0 Å². The number of hydrogen-bond acceptors (Lipinski definition) is 0. The number of fused-ring (bicyclic) bond motifs is 1. The monoisotopic (exact) mass is 197 g/mol. The van der Waals surface area contributed by atoms with Gasteiger partial charge in [0.1, 0.15) is 0 Å². The second-order valence-electron chi connectivity index (χ2n) is 4.43. The fourth-order valence-corrected chi connectivity index (χ4v) is 2.41. The fourth-order valence-electron chi connectivity index (χ4n) is 2.41. The van der Waals surface area contributed by atoms with Crippen LogP contribution >= 0.6 is 0 Å². The van der Waals surface area contributed by atoms with E-state index in [4.69, 9.17) is 0 Å². The summed E-state index contributed by atoms with van der Waals surface area (Å²) in [5.41, 5.74) is 6.94. The highest BCUT2D eigenvalue weighted by atomic mass is 14.7. The van der Waals surface area contributed by atoms with E-state index in [9.17, 15) is 0 Å². The molecule has 1 aliphatic rings. The molecule has 1 aromatic carbocycles. The highest BCUT2D eigenvalue weighted by molar-refractivity contribution is 5.62. The third-order valence-corrected chi connectivity index (χ3v) is 3.24. The molecule has 0 aliphatic heterocycles. The summed E-state index contributed by atoms with van der Waals surface area (Å²) >= 11 is 0. The Bertz CT molecular complexity index is 494. The highest BCUT2D eigenvalue weighted by Crippen LogP contribution is 2.27. The zero-order chi connectivity index (χ0) is 10.3. The van der Waals surface area contributed by atoms with Crippen LogP contribution in [0.15, 0.2) is 30.5 Å². The predicted octanol–water partition coefficient (Wildman–Crippen LogP) is 3.48. The quantitative estimate of drug-likeness (QED) is 0.720. The van der Waals surface area contributed by atoms with Gasteiger partial charge in [0.2, 0.25) is 0 Å². The molecule has 15 heavy (non-hydrogen) atoms. The summed E-state index contributed by atoms with van der Waals surface area (Å²) in [6, 6.07) is 9.06. The van der Waals surface area contributed by atoms with Crippen LogP contribution in [0.1, 0.15) is 23.1 Å². The molecular weight excluding hydrogens is 182 g/mol. The van der Waals surface area contributed by atoms with E-state index >= 15 is 0 Å². The number of nitrogens with one attached hydrogen (secondary N) is 1. The summed E-state index contributed by atoms with van der Waals surface area (Å²) in [4.78, 5) is 3.31. The van der Waals surface area contributed by atoms with Gasteiger partial charge in [-0.05, 0) is 60.6 Å². The lowest BCUT2D eigenvalue weighted by molar-refractivity contribution is 0.912. The Morgan fingerprint density at radius 2 is 1.93 bits per heavy atom. The van der Waals surface area contributed by atoms with Crippen LogP contribution in [0.3, 0.4) is 0 Å². The topological polar surface area (TPSA) is 15.8 Å². The van der Waals surface area contributed by atoms with Crippen molar-refractivity contribution in [3.05, 3.63) is 47.2 Å². The summed E-state index contributed by atoms with van der Waals surface area (Å²) in [6.07, 6.45) is 5.90. The van der Waals surface area contributed by atoms with Gasteiger partial charge in [0.25, 0.3) is 0 Å². The first-order chi connectivity index (χ1) is 7.33. The van der Waals surface area contributed by atoms with Crippen molar-refractivity contribution < 1.29 is 0 Å². The molecule has 1 heteroatoms. The van der Waals surface area contributed by atoms with E-state index in [-0.39, 0.29) is 0 Å². The molecule has 3 rings (SSSR count). The lowest BCUT2D eigenvalue weighted by Gasteiger charge is -2.02. The number of aromatic amines is 1. The summed E-state index contributed by atoms with van der Waals surface area (Å²) in [5.74, 6) is 0. The normalized spacial score (nSPS) is 14.2. The van der Waals surface area contributed by atoms with Crippen molar-refractivity contribution in [1.29, 1.82) is 0 Å². The molecule has 0 saturated heterocycles. The molecule has 1 aliphatic carbocycles. The molecule has 2 aromatic rings. The number of benzene rings is 1. The first-order valence-corrected chi connectivity index (χ1v) is 5.60. The first-order valence-electron chi connectivity index (χ1n) is 5.60. The predicted molar refractivity (Wildman–Crippen MR) is 63.0 cm³/mol. The largest absolute Gasteiger partial charge is 0.361 e. The zero-order valence-electron chi connectivity index (χ0n) is 9.01. The molecular formula is C14H15N. The van der Waals surface area contributed by atoms with Crippen molar-refractivity contribution >= 4 is 0 Å². The van der Waals surface area contributed by atoms with Crippen LogP contribution in [0, 0.1) is 6.92 Å². The molecule has 0 atom stereocenters. The van der Waals surface area contributed by atoms with Crippen LogP contribution in [0.2, 0.25) is 0 Å². The third-order valence-electron chi connectivity index (χ3n) is 3.24. The number of rotatable bonds is 1. The Hall–Kier alpha value is -1.50. The van der Waals surface area contributed by atoms with Gasteiger partial charge in [-0.25, -0.2) is 0 Å². The molecule has 0 fully saturated rings. The number of hydrogen-bond donors (Lipinski definition) is 1. The SMILES string of the molecule is Cc1c[nH]c(-c2ccc3c(c2)CCC3)c1. The molecule has 1 aromatic heterocycles. The van der Waals surface area contributed by atoms with Gasteiger partial charge in [0, 0.05) is 11.9 Å². The molecule has 0 spiro atoms. The van der Waals surface area contributed by atoms with Crippen LogP contribution in [0.25, 0.3) is 11.3 Å². The van der Waals surface area contributed by atoms with E-state index in [0.29, 0.717) is 0 Å². The maximum atomic E-state index is 3.31. The molecule has 1 nitrogen and oxygen atoms in total. The number of aromatic nitrogens is 1. The second-order valence-corrected chi connectivity index (χ2v) is 4.43. The standard InChI is InChI=1S/C14H15N/c1-10-7-14(15-9-10)13-6-5-11-3-2-4-12(11)8-13/h5-9,15H,2-4H2,1H3. The average molecular weight is 197 g/mol. The summed E-state index contributed by atoms with van der Waals surface area (Å²) in [5, 5.41) is 0. The fraction of sp³-hybridized carbons (Fsp3) is 0.286. The van der Waals surface area contributed by atoms with Gasteiger partial charge in [-0.15, -0.1) is 0 Å². The van der Waals surface area contributed by atoms with Gasteiger partial charge >= 0.3 is 0 Å². The van der Waals surface area contributed by atoms with Gasteiger partial charge < -0.3 is 4.98 Å². The van der Waals surface area contributed by atoms with Crippen molar-refractivity contribution in [3.63, 3.8) is 0 Å². The molecule has 76 valence electrons. The molecule has 0 radical (unpaired) electrons. The van der Waals surface area contributed by atoms with Gasteiger partial charge in [-0.2, -0.15) is 0 Å². The Kier molecular flexibility index (Phi) is 1.91. The van der Waals surface area contributed by atoms with Crippen LogP contribution < -0.4 is 0 Å². The van der Waals surface area contributed by atoms with Crippen molar-refractivity contribution in [2.75, 3.05) is 0 Å². The maximum Gasteiger partial charge on any atom is 0.0456 e. The van der Waals surface area contributed by atoms with Gasteiger partial charge in [-0.3, -0.25) is 0 Å². The molecule has 0 saturated carbocycles. The Morgan fingerprint density at radius 1 is 1.07 bits per heavy atom. The van der Waals surface area contributed by atoms with Crippen LogP contribution in [0.5, 0.6) is 0 Å². The average Bonchev–Trinajstić information content (AvgIpc) is 2.84. The van der Waals surface area contributed by atoms with Crippen molar-refractivity contribution in [2.24, 2.45) is 0 Å². The number of aryl methyl sites for hydroxylation is 3. The summed E-state index contributed by atoms with van der Waals surface area (Å²) in [7, 11) is 0. The molecule has 1 N–H and O–H groups in total. The Morgan fingerprint density at radius 3 is 2.73 bits per heavy atom. The molecule has 0 amide bonds. The van der Waals surface area contributed by atoms with Gasteiger partial charge in [-0.1, -0.05) is 12.1 Å². The van der Waals surface area contributed by atoms with Crippen molar-refractivity contribution in [3.8, 4) is 11.3 Å². The lowest BCUT2D eigenvalue weighted by atomic mass is 10.0. The third kappa shape index (κ3) is 1.48. The van der Waals surface area contributed by atoms with E-state index in [1.54, 1.807) is 11.1 Å². The zero-order valence-corrected chi connectivity index (χ0v) is 9.01. The van der Waals surface area contributed by atoms with Gasteiger partial charge in [0.05, 0.1) is 0 Å². The smallest absolute Gasteiger partial charge is 0.0456 e. The molecule has 0 bridgehead atoms. The van der Waals surface area contributed by atoms with E-state index in [1.807, 2.05) is 0 Å². The van der Waals surface area contributed by atoms with E-state index < -0.39 is 0 Å². The Labute approximate surface area is 90.2 Å². The minimum atomic E-state index is 1.24. The van der Waals surface area contributed by atoms with Gasteiger partial charge in [0.15, 0.2) is 0 Å². The molecule has 1 heterocycles. The lowest BCUT2D eigenvalue weighted by Crippen LogP contribution is -1.84. The van der Waals surface area contributed by atoms with E-state index in [0.717, 1.165) is 0 Å². The highest BCUT2D eigenvalue weighted by Gasteiger charge is 2.11. The van der Waals surface area contributed by atoms with Crippen molar-refractivity contribution in [2.45, 2.75) is 26.2 Å². The summed E-state index contributed by atoms with van der Waals surface area (Å²) in [6.45, 7) is 2.12. The minimum absolute atomic E-state index is 1.24. The first kappa shape index (κ1) is 8.78. The van der Waals surface area contributed by atoms with Crippen molar-refractivity contribution in [1.82, 2.24) is 4.98 Å². The van der Waals surface area contributed by atoms with Crippen LogP contribution in [-0.4, -0.2) is 4.98 Å². The Balaban J connectivity index is 2.06. The van der Waals surface area contributed by atoms with E-state index in [1.165, 1.54) is 36.1 Å². The van der Waals surface area contributed by atoms with Crippen LogP contribution in [-0.2, 0) is 12.8 Å². The maximum absolute atomic E-state index is 3.31. The number of H-pyrrole nitrogens is 1. The second kappa shape index (κ2) is 3.27. The molecule has 0 unspecified atom stereocenters.